The highest BCUT2D eigenvalue weighted by molar-refractivity contribution is 6.32. The van der Waals surface area contributed by atoms with E-state index in [0.717, 1.165) is 48.0 Å². The molecule has 2 N–H and O–H groups in total. The Bertz CT molecular complexity index is 374. The van der Waals surface area contributed by atoms with Gasteiger partial charge in [0.05, 0.1) is 5.69 Å². The maximum Gasteiger partial charge on any atom is 0.142 e. The predicted molar refractivity (Wildman–Crippen MR) is 67.7 cm³/mol. The van der Waals surface area contributed by atoms with E-state index < -0.39 is 0 Å². The molecule has 0 spiro atoms. The van der Waals surface area contributed by atoms with Crippen LogP contribution in [0, 0.1) is 13.8 Å². The van der Waals surface area contributed by atoms with Crippen molar-refractivity contribution in [2.75, 3.05) is 31.1 Å². The van der Waals surface area contributed by atoms with Crippen LogP contribution in [0.25, 0.3) is 0 Å². The van der Waals surface area contributed by atoms with E-state index >= 15 is 0 Å². The number of halogens is 1. The summed E-state index contributed by atoms with van der Waals surface area (Å²) in [5.74, 6) is 0.365. The number of benzene rings is 1. The number of aryl methyl sites for hydroxylation is 1. The van der Waals surface area contributed by atoms with E-state index in [4.69, 9.17) is 11.6 Å². The van der Waals surface area contributed by atoms with Crippen LogP contribution in [0.4, 0.5) is 5.69 Å². The van der Waals surface area contributed by atoms with Crippen molar-refractivity contribution in [2.45, 2.75) is 13.8 Å². The van der Waals surface area contributed by atoms with Gasteiger partial charge in [0.15, 0.2) is 0 Å². The number of hydrogen-bond donors (Lipinski definition) is 2. The second-order valence-corrected chi connectivity index (χ2v) is 4.64. The fourth-order valence-electron chi connectivity index (χ4n) is 2.12. The fourth-order valence-corrected chi connectivity index (χ4v) is 2.37. The number of phenolic OH excluding ortho intramolecular Hbond substituents is 1. The van der Waals surface area contributed by atoms with Crippen LogP contribution < -0.4 is 10.2 Å². The predicted octanol–water partition coefficient (Wildman–Crippen LogP) is 2.07. The molecule has 0 saturated carbocycles. The van der Waals surface area contributed by atoms with Gasteiger partial charge in [-0.3, -0.25) is 0 Å². The molecule has 4 heteroatoms. The van der Waals surface area contributed by atoms with Crippen LogP contribution in [0.15, 0.2) is 6.07 Å². The second kappa shape index (κ2) is 4.52. The van der Waals surface area contributed by atoms with Crippen molar-refractivity contribution < 1.29 is 5.11 Å². The number of phenols is 1. The third-order valence-corrected chi connectivity index (χ3v) is 3.48. The average molecular weight is 241 g/mol. The molecule has 1 heterocycles. The van der Waals surface area contributed by atoms with Crippen molar-refractivity contribution in [3.63, 3.8) is 0 Å². The van der Waals surface area contributed by atoms with Gasteiger partial charge in [-0.15, -0.1) is 0 Å². The average Bonchev–Trinajstić information content (AvgIpc) is 2.28. The van der Waals surface area contributed by atoms with E-state index in [-0.39, 0.29) is 0 Å². The Morgan fingerprint density at radius 3 is 2.56 bits per heavy atom. The first-order valence-electron chi connectivity index (χ1n) is 5.55. The van der Waals surface area contributed by atoms with E-state index in [1.807, 2.05) is 19.9 Å². The summed E-state index contributed by atoms with van der Waals surface area (Å²) >= 11 is 6.16. The summed E-state index contributed by atoms with van der Waals surface area (Å²) in [7, 11) is 0. The SMILES string of the molecule is Cc1cc(Cl)c(C)c(N2CCNCC2)c1O. The zero-order valence-electron chi connectivity index (χ0n) is 9.68. The highest BCUT2D eigenvalue weighted by atomic mass is 35.5. The molecule has 2 rings (SSSR count). The zero-order chi connectivity index (χ0) is 11.7. The number of rotatable bonds is 1. The monoisotopic (exact) mass is 240 g/mol. The molecular formula is C12H17ClN2O. The Hall–Kier alpha value is -0.930. The number of aromatic hydroxyl groups is 1. The van der Waals surface area contributed by atoms with Crippen molar-refractivity contribution in [1.29, 1.82) is 0 Å². The van der Waals surface area contributed by atoms with Crippen molar-refractivity contribution in [1.82, 2.24) is 5.32 Å². The molecule has 3 nitrogen and oxygen atoms in total. The normalized spacial score (nSPS) is 16.6. The molecule has 0 unspecified atom stereocenters. The first-order valence-corrected chi connectivity index (χ1v) is 5.93. The molecule has 1 aromatic carbocycles. The van der Waals surface area contributed by atoms with Crippen LogP contribution >= 0.6 is 11.6 Å². The smallest absolute Gasteiger partial charge is 0.142 e. The van der Waals surface area contributed by atoms with Gasteiger partial charge in [-0.05, 0) is 31.0 Å². The molecule has 0 aromatic heterocycles. The lowest BCUT2D eigenvalue weighted by Gasteiger charge is -2.32. The molecule has 1 aliphatic rings. The molecule has 88 valence electrons. The van der Waals surface area contributed by atoms with Crippen LogP contribution in [0.3, 0.4) is 0 Å². The fraction of sp³-hybridized carbons (Fsp3) is 0.500. The standard InChI is InChI=1S/C12H17ClN2O/c1-8-7-10(13)9(2)11(12(8)16)15-5-3-14-4-6-15/h7,14,16H,3-6H2,1-2H3. The van der Waals surface area contributed by atoms with Crippen LogP contribution in [-0.2, 0) is 0 Å². The summed E-state index contributed by atoms with van der Waals surface area (Å²) in [6.07, 6.45) is 0. The topological polar surface area (TPSA) is 35.5 Å². The molecular weight excluding hydrogens is 224 g/mol. The molecule has 0 bridgehead atoms. The first-order chi connectivity index (χ1) is 7.61. The summed E-state index contributed by atoms with van der Waals surface area (Å²) in [6.45, 7) is 7.56. The second-order valence-electron chi connectivity index (χ2n) is 4.23. The number of nitrogens with zero attached hydrogens (tertiary/aromatic N) is 1. The van der Waals surface area contributed by atoms with Crippen molar-refractivity contribution >= 4 is 17.3 Å². The van der Waals surface area contributed by atoms with Gasteiger partial charge in [0.1, 0.15) is 5.75 Å². The Morgan fingerprint density at radius 2 is 1.94 bits per heavy atom. The van der Waals surface area contributed by atoms with Gasteiger partial charge < -0.3 is 15.3 Å². The minimum atomic E-state index is 0.365. The minimum absolute atomic E-state index is 0.365. The van der Waals surface area contributed by atoms with E-state index in [9.17, 15) is 5.11 Å². The molecule has 1 aliphatic heterocycles. The summed E-state index contributed by atoms with van der Waals surface area (Å²) in [4.78, 5) is 2.19. The Balaban J connectivity index is 2.45. The quantitative estimate of drug-likeness (QED) is 0.789. The van der Waals surface area contributed by atoms with Crippen LogP contribution in [-0.4, -0.2) is 31.3 Å². The van der Waals surface area contributed by atoms with E-state index in [1.165, 1.54) is 0 Å². The molecule has 0 aliphatic carbocycles. The largest absolute Gasteiger partial charge is 0.505 e. The molecule has 1 fully saturated rings. The van der Waals surface area contributed by atoms with Crippen LogP contribution in [0.2, 0.25) is 5.02 Å². The Kier molecular flexibility index (Phi) is 3.26. The number of nitrogens with one attached hydrogen (secondary N) is 1. The van der Waals surface area contributed by atoms with Gasteiger partial charge in [-0.2, -0.15) is 0 Å². The van der Waals surface area contributed by atoms with Gasteiger partial charge in [-0.1, -0.05) is 11.6 Å². The van der Waals surface area contributed by atoms with E-state index in [2.05, 4.69) is 10.2 Å². The summed E-state index contributed by atoms with van der Waals surface area (Å²) in [5, 5.41) is 14.2. The molecule has 1 saturated heterocycles. The highest BCUT2D eigenvalue weighted by Crippen LogP contribution is 2.38. The lowest BCUT2D eigenvalue weighted by molar-refractivity contribution is 0.466. The molecule has 0 amide bonds. The van der Waals surface area contributed by atoms with Crippen molar-refractivity contribution in [3.8, 4) is 5.75 Å². The lowest BCUT2D eigenvalue weighted by atomic mass is 10.1. The number of anilines is 1. The van der Waals surface area contributed by atoms with Crippen molar-refractivity contribution in [3.05, 3.63) is 22.2 Å². The van der Waals surface area contributed by atoms with Crippen molar-refractivity contribution in [2.24, 2.45) is 0 Å². The Morgan fingerprint density at radius 1 is 1.31 bits per heavy atom. The van der Waals surface area contributed by atoms with Gasteiger partial charge in [0.2, 0.25) is 0 Å². The van der Waals surface area contributed by atoms with E-state index in [0.29, 0.717) is 5.75 Å². The van der Waals surface area contributed by atoms with Gasteiger partial charge >= 0.3 is 0 Å². The third-order valence-electron chi connectivity index (χ3n) is 3.09. The molecule has 0 radical (unpaired) electrons. The molecule has 0 atom stereocenters. The van der Waals surface area contributed by atoms with Gasteiger partial charge in [0.25, 0.3) is 0 Å². The van der Waals surface area contributed by atoms with E-state index in [1.54, 1.807) is 0 Å². The lowest BCUT2D eigenvalue weighted by Crippen LogP contribution is -2.43. The zero-order valence-corrected chi connectivity index (χ0v) is 10.4. The highest BCUT2D eigenvalue weighted by Gasteiger charge is 2.19. The first kappa shape index (κ1) is 11.6. The van der Waals surface area contributed by atoms with Gasteiger partial charge in [0, 0.05) is 31.2 Å². The summed E-state index contributed by atoms with van der Waals surface area (Å²) in [6, 6.07) is 1.82. The third kappa shape index (κ3) is 1.97. The number of hydrogen-bond acceptors (Lipinski definition) is 3. The number of piperazine rings is 1. The minimum Gasteiger partial charge on any atom is -0.505 e. The Labute approximate surface area is 101 Å². The van der Waals surface area contributed by atoms with Crippen LogP contribution in [0.1, 0.15) is 11.1 Å². The van der Waals surface area contributed by atoms with Gasteiger partial charge in [-0.25, -0.2) is 0 Å². The summed E-state index contributed by atoms with van der Waals surface area (Å²) < 4.78 is 0. The molecule has 16 heavy (non-hydrogen) atoms. The maximum absolute atomic E-state index is 10.1. The maximum atomic E-state index is 10.1. The molecule has 1 aromatic rings. The summed E-state index contributed by atoms with van der Waals surface area (Å²) in [5.41, 5.74) is 2.70. The van der Waals surface area contributed by atoms with Crippen LogP contribution in [0.5, 0.6) is 5.75 Å².